The highest BCUT2D eigenvalue weighted by Gasteiger charge is 2.26. The number of nitrogens with zero attached hydrogens (tertiary/aromatic N) is 1. The highest BCUT2D eigenvalue weighted by molar-refractivity contribution is 5.83. The second kappa shape index (κ2) is 9.64. The minimum absolute atomic E-state index is 0.0150. The predicted octanol–water partition coefficient (Wildman–Crippen LogP) is 3.99. The zero-order valence-electron chi connectivity index (χ0n) is 17.5. The molecule has 4 rings (SSSR count). The fourth-order valence-corrected chi connectivity index (χ4v) is 3.47. The van der Waals surface area contributed by atoms with E-state index in [9.17, 15) is 14.0 Å². The summed E-state index contributed by atoms with van der Waals surface area (Å²) in [5, 5.41) is 2.93. The topological polar surface area (TPSA) is 90.7 Å². The number of aromatic nitrogens is 1. The van der Waals surface area contributed by atoms with E-state index < -0.39 is 12.1 Å². The molecule has 1 amide bonds. The van der Waals surface area contributed by atoms with E-state index in [1.165, 1.54) is 25.3 Å². The Bertz CT molecular complexity index is 1100. The summed E-state index contributed by atoms with van der Waals surface area (Å²) in [5.41, 5.74) is 1.60. The normalized spacial score (nSPS) is 15.9. The highest BCUT2D eigenvalue weighted by atomic mass is 19.1. The number of halogens is 1. The van der Waals surface area contributed by atoms with Gasteiger partial charge in [0.2, 0.25) is 0 Å². The number of hydrogen-bond acceptors (Lipinski definition) is 6. The summed E-state index contributed by atoms with van der Waals surface area (Å²) in [5.74, 6) is 0.362. The molecule has 1 aromatic heterocycles. The van der Waals surface area contributed by atoms with Gasteiger partial charge in [0.05, 0.1) is 25.3 Å². The zero-order chi connectivity index (χ0) is 22.5. The summed E-state index contributed by atoms with van der Waals surface area (Å²) in [6.45, 7) is 2.04. The molecule has 1 aliphatic rings. The van der Waals surface area contributed by atoms with Crippen LogP contribution in [0.5, 0.6) is 5.75 Å². The van der Waals surface area contributed by atoms with Gasteiger partial charge in [0, 0.05) is 24.0 Å². The van der Waals surface area contributed by atoms with Crippen LogP contribution in [-0.2, 0) is 20.7 Å². The fourth-order valence-electron chi connectivity index (χ4n) is 3.47. The van der Waals surface area contributed by atoms with Crippen LogP contribution >= 0.6 is 0 Å². The second-order valence-corrected chi connectivity index (χ2v) is 7.49. The van der Waals surface area contributed by atoms with Gasteiger partial charge in [0.15, 0.2) is 17.8 Å². The van der Waals surface area contributed by atoms with Crippen molar-refractivity contribution in [1.82, 2.24) is 10.3 Å². The lowest BCUT2D eigenvalue weighted by Gasteiger charge is -2.27. The van der Waals surface area contributed by atoms with Crippen molar-refractivity contribution >= 4 is 11.9 Å². The van der Waals surface area contributed by atoms with Crippen LogP contribution in [0.1, 0.15) is 37.3 Å². The molecule has 1 N–H and O–H groups in total. The van der Waals surface area contributed by atoms with E-state index in [0.29, 0.717) is 30.2 Å². The highest BCUT2D eigenvalue weighted by Crippen LogP contribution is 2.31. The maximum atomic E-state index is 13.0. The molecule has 2 heterocycles. The molecule has 2 aromatic carbocycles. The third-order valence-corrected chi connectivity index (χ3v) is 5.18. The molecule has 2 atom stereocenters. The van der Waals surface area contributed by atoms with Crippen molar-refractivity contribution in [2.45, 2.75) is 38.3 Å². The van der Waals surface area contributed by atoms with Crippen LogP contribution in [0.25, 0.3) is 11.3 Å². The third-order valence-electron chi connectivity index (χ3n) is 5.18. The summed E-state index contributed by atoms with van der Waals surface area (Å²) >= 11 is 0. The van der Waals surface area contributed by atoms with Crippen LogP contribution in [0.4, 0.5) is 4.39 Å². The van der Waals surface area contributed by atoms with Gasteiger partial charge in [-0.05, 0) is 37.3 Å². The molecule has 3 aromatic rings. The molecule has 0 aliphatic carbocycles. The summed E-state index contributed by atoms with van der Waals surface area (Å²) in [7, 11) is 0. The van der Waals surface area contributed by atoms with Gasteiger partial charge in [-0.25, -0.2) is 9.37 Å². The quantitative estimate of drug-likeness (QED) is 0.561. The monoisotopic (exact) mass is 438 g/mol. The van der Waals surface area contributed by atoms with Crippen LogP contribution in [0, 0.1) is 5.82 Å². The van der Waals surface area contributed by atoms with Crippen LogP contribution in [0.2, 0.25) is 0 Å². The van der Waals surface area contributed by atoms with E-state index in [1.54, 1.807) is 12.1 Å². The van der Waals surface area contributed by atoms with E-state index in [0.717, 1.165) is 11.3 Å². The van der Waals surface area contributed by atoms with Crippen molar-refractivity contribution < 1.29 is 27.9 Å². The first-order chi connectivity index (χ1) is 15.5. The molecule has 0 radical (unpaired) electrons. The smallest absolute Gasteiger partial charge is 0.307 e. The van der Waals surface area contributed by atoms with Crippen molar-refractivity contribution in [2.24, 2.45) is 0 Å². The average Bonchev–Trinajstić information content (AvgIpc) is 3.27. The number of rotatable bonds is 7. The summed E-state index contributed by atoms with van der Waals surface area (Å²) in [6, 6.07) is 13.2. The van der Waals surface area contributed by atoms with Crippen LogP contribution in [-0.4, -0.2) is 29.6 Å². The van der Waals surface area contributed by atoms with Gasteiger partial charge in [-0.2, -0.15) is 0 Å². The van der Waals surface area contributed by atoms with E-state index in [1.807, 2.05) is 24.3 Å². The van der Waals surface area contributed by atoms with Crippen LogP contribution in [0.15, 0.2) is 59.1 Å². The first-order valence-corrected chi connectivity index (χ1v) is 10.4. The van der Waals surface area contributed by atoms with Crippen molar-refractivity contribution in [3.8, 4) is 17.1 Å². The maximum absolute atomic E-state index is 13.0. The molecule has 2 unspecified atom stereocenters. The van der Waals surface area contributed by atoms with Gasteiger partial charge < -0.3 is 19.2 Å². The number of fused-ring (bicyclic) bond motifs is 1. The van der Waals surface area contributed by atoms with Crippen molar-refractivity contribution in [3.05, 3.63) is 72.0 Å². The van der Waals surface area contributed by atoms with Gasteiger partial charge >= 0.3 is 5.97 Å². The number of para-hydroxylation sites is 1. The van der Waals surface area contributed by atoms with Crippen LogP contribution < -0.4 is 10.1 Å². The minimum Gasteiger partial charge on any atom is -0.493 e. The lowest BCUT2D eigenvalue weighted by Crippen LogP contribution is -2.39. The first-order valence-electron chi connectivity index (χ1n) is 10.4. The molecule has 7 nitrogen and oxygen atoms in total. The Kier molecular flexibility index (Phi) is 6.49. The van der Waals surface area contributed by atoms with Gasteiger partial charge in [-0.1, -0.05) is 18.2 Å². The molecule has 0 fully saturated rings. The van der Waals surface area contributed by atoms with Gasteiger partial charge in [-0.3, -0.25) is 9.59 Å². The number of ether oxygens (including phenoxy) is 2. The van der Waals surface area contributed by atoms with E-state index in [-0.39, 0.29) is 30.6 Å². The maximum Gasteiger partial charge on any atom is 0.307 e. The van der Waals surface area contributed by atoms with E-state index in [2.05, 4.69) is 10.3 Å². The van der Waals surface area contributed by atoms with Crippen LogP contribution in [0.3, 0.4) is 0 Å². The summed E-state index contributed by atoms with van der Waals surface area (Å²) in [4.78, 5) is 28.9. The molecular weight excluding hydrogens is 415 g/mol. The summed E-state index contributed by atoms with van der Waals surface area (Å²) < 4.78 is 29.5. The zero-order valence-corrected chi connectivity index (χ0v) is 17.5. The van der Waals surface area contributed by atoms with Gasteiger partial charge in [-0.15, -0.1) is 0 Å². The van der Waals surface area contributed by atoms with Crippen molar-refractivity contribution in [3.63, 3.8) is 0 Å². The largest absolute Gasteiger partial charge is 0.493 e. The number of aryl methyl sites for hydroxylation is 1. The SMILES string of the molecule is CC(OC(=O)CCc1ncc(-c2ccc(F)cc2)o1)C(=O)NC1CCOc2ccccc21. The number of amides is 1. The lowest BCUT2D eigenvalue weighted by atomic mass is 10.0. The van der Waals surface area contributed by atoms with E-state index in [4.69, 9.17) is 13.9 Å². The lowest BCUT2D eigenvalue weighted by molar-refractivity contribution is -0.155. The molecule has 0 spiro atoms. The number of benzene rings is 2. The Morgan fingerprint density at radius 3 is 2.81 bits per heavy atom. The van der Waals surface area contributed by atoms with Gasteiger partial charge in [0.1, 0.15) is 11.6 Å². The second-order valence-electron chi connectivity index (χ2n) is 7.49. The number of nitrogens with one attached hydrogen (secondary N) is 1. The molecule has 0 saturated carbocycles. The van der Waals surface area contributed by atoms with Crippen molar-refractivity contribution in [2.75, 3.05) is 6.61 Å². The predicted molar refractivity (Wildman–Crippen MR) is 113 cm³/mol. The molecule has 0 saturated heterocycles. The van der Waals surface area contributed by atoms with Crippen molar-refractivity contribution in [1.29, 1.82) is 0 Å². The molecule has 166 valence electrons. The standard InChI is InChI=1S/C24H23FN2O5/c1-15(24(29)27-19-12-13-30-20-5-3-2-4-18(19)20)31-23(28)11-10-22-26-14-21(32-22)16-6-8-17(25)9-7-16/h2-9,14-15,19H,10-13H2,1H3,(H,27,29). The molecule has 32 heavy (non-hydrogen) atoms. The Morgan fingerprint density at radius 1 is 1.22 bits per heavy atom. The number of carbonyl (C=O) groups excluding carboxylic acids is 2. The summed E-state index contributed by atoms with van der Waals surface area (Å²) in [6.07, 6.45) is 1.47. The number of oxazole rings is 1. The Morgan fingerprint density at radius 2 is 2.00 bits per heavy atom. The Labute approximate surface area is 184 Å². The number of carbonyl (C=O) groups is 2. The number of esters is 1. The Balaban J connectivity index is 1.26. The Hall–Kier alpha value is -3.68. The third kappa shape index (κ3) is 5.14. The molecular formula is C24H23FN2O5. The van der Waals surface area contributed by atoms with Gasteiger partial charge in [0.25, 0.3) is 5.91 Å². The molecule has 8 heteroatoms. The minimum atomic E-state index is -0.933. The fraction of sp³-hybridized carbons (Fsp3) is 0.292. The first kappa shape index (κ1) is 21.5. The molecule has 1 aliphatic heterocycles. The number of hydrogen-bond donors (Lipinski definition) is 1. The molecule has 0 bridgehead atoms. The average molecular weight is 438 g/mol. The van der Waals surface area contributed by atoms with E-state index >= 15 is 0 Å².